The van der Waals surface area contributed by atoms with E-state index in [4.69, 9.17) is 0 Å². The Hall–Kier alpha value is 0.423. The average molecular weight is 348 g/mol. The van der Waals surface area contributed by atoms with Gasteiger partial charge in [0.2, 0.25) is 0 Å². The van der Waals surface area contributed by atoms with Gasteiger partial charge in [-0.25, -0.2) is 23.3 Å². The average Bonchev–Trinajstić information content (AvgIpc) is 2.63. The van der Waals surface area contributed by atoms with Gasteiger partial charge < -0.3 is 24.8 Å². The third-order valence-electron chi connectivity index (χ3n) is 2.25. The van der Waals surface area contributed by atoms with Crippen LogP contribution >= 0.6 is 0 Å². The number of rotatable bonds is 0. The summed E-state index contributed by atoms with van der Waals surface area (Å²) in [6.45, 7) is 8.37. The normalized spacial score (nSPS) is 15.8. The van der Waals surface area contributed by atoms with Crippen molar-refractivity contribution in [3.05, 3.63) is 46.6 Å². The first kappa shape index (κ1) is 22.6. The molecule has 17 heavy (non-hydrogen) atoms. The Morgan fingerprint density at radius 3 is 1.12 bits per heavy atom. The summed E-state index contributed by atoms with van der Waals surface area (Å²) in [5, 5.41) is 0. The van der Waals surface area contributed by atoms with Gasteiger partial charge in [0, 0.05) is 0 Å². The standard InChI is InChI=1S/2C7H9.2ClH.Zr/c2*1-6-3-4-7(2)5-6;;;/h2*3H,4H2,1-2H3;2*1H;/q2*-1;;;+4/p-2. The summed E-state index contributed by atoms with van der Waals surface area (Å²) < 4.78 is 0. The Kier molecular flexibility index (Phi) is 15.3. The van der Waals surface area contributed by atoms with Crippen molar-refractivity contribution in [3.8, 4) is 0 Å². The molecule has 3 heteroatoms. The van der Waals surface area contributed by atoms with Crippen molar-refractivity contribution in [1.29, 1.82) is 0 Å². The molecule has 0 amide bonds. The summed E-state index contributed by atoms with van der Waals surface area (Å²) in [7, 11) is 0. The predicted octanol–water partition coefficient (Wildman–Crippen LogP) is -1.82. The molecule has 2 rings (SSSR count). The number of allylic oxidation sites excluding steroid dienone is 8. The molecule has 0 saturated heterocycles. The van der Waals surface area contributed by atoms with Crippen molar-refractivity contribution >= 4 is 0 Å². The van der Waals surface area contributed by atoms with E-state index in [9.17, 15) is 0 Å². The molecule has 0 aromatic heterocycles. The van der Waals surface area contributed by atoms with Gasteiger partial charge in [0.05, 0.1) is 0 Å². The van der Waals surface area contributed by atoms with Gasteiger partial charge in [-0.15, -0.1) is 0 Å². The summed E-state index contributed by atoms with van der Waals surface area (Å²) in [5.41, 5.74) is 5.30. The van der Waals surface area contributed by atoms with Crippen molar-refractivity contribution in [2.75, 3.05) is 0 Å². The van der Waals surface area contributed by atoms with Crippen molar-refractivity contribution < 1.29 is 51.0 Å². The van der Waals surface area contributed by atoms with Crippen molar-refractivity contribution in [3.63, 3.8) is 0 Å². The van der Waals surface area contributed by atoms with Crippen LogP contribution in [-0.2, 0) is 26.2 Å². The second-order valence-electron chi connectivity index (χ2n) is 3.99. The molecule has 0 N–H and O–H groups in total. The molecule has 92 valence electrons. The topological polar surface area (TPSA) is 0 Å². The second kappa shape index (κ2) is 11.5. The van der Waals surface area contributed by atoms with Gasteiger partial charge in [0.15, 0.2) is 0 Å². The smallest absolute Gasteiger partial charge is 1.00 e. The van der Waals surface area contributed by atoms with E-state index in [1.807, 2.05) is 0 Å². The van der Waals surface area contributed by atoms with E-state index in [0.29, 0.717) is 0 Å². The zero-order valence-corrected chi connectivity index (χ0v) is 14.8. The maximum absolute atomic E-state index is 3.19. The van der Waals surface area contributed by atoms with Crippen molar-refractivity contribution in [1.82, 2.24) is 0 Å². The Labute approximate surface area is 137 Å². The van der Waals surface area contributed by atoms with Crippen LogP contribution in [0.4, 0.5) is 0 Å². The minimum Gasteiger partial charge on any atom is -1.00 e. The van der Waals surface area contributed by atoms with Crippen LogP contribution in [-0.4, -0.2) is 0 Å². The first-order valence-electron chi connectivity index (χ1n) is 5.10. The summed E-state index contributed by atoms with van der Waals surface area (Å²) in [4.78, 5) is 0. The van der Waals surface area contributed by atoms with Gasteiger partial charge in [-0.1, -0.05) is 40.5 Å². The molecule has 0 spiro atoms. The Morgan fingerprint density at radius 1 is 0.765 bits per heavy atom. The monoisotopic (exact) mass is 346 g/mol. The molecular weight excluding hydrogens is 330 g/mol. The molecule has 2 aliphatic carbocycles. The Morgan fingerprint density at radius 2 is 1.06 bits per heavy atom. The first-order chi connectivity index (χ1) is 6.58. The summed E-state index contributed by atoms with van der Waals surface area (Å²) in [5.74, 6) is 0. The zero-order valence-electron chi connectivity index (χ0n) is 10.8. The minimum absolute atomic E-state index is 0. The quantitative estimate of drug-likeness (QED) is 0.452. The second-order valence-corrected chi connectivity index (χ2v) is 3.99. The summed E-state index contributed by atoms with van der Waals surface area (Å²) in [6.07, 6.45) is 13.0. The maximum atomic E-state index is 3.19. The molecule has 0 radical (unpaired) electrons. The van der Waals surface area contributed by atoms with Gasteiger partial charge in [0.25, 0.3) is 0 Å². The van der Waals surface area contributed by atoms with Crippen LogP contribution in [0.3, 0.4) is 0 Å². The molecule has 0 bridgehead atoms. The van der Waals surface area contributed by atoms with Crippen LogP contribution < -0.4 is 24.8 Å². The molecule has 0 atom stereocenters. The van der Waals surface area contributed by atoms with Crippen molar-refractivity contribution in [2.24, 2.45) is 0 Å². The van der Waals surface area contributed by atoms with E-state index in [1.54, 1.807) is 0 Å². The van der Waals surface area contributed by atoms with E-state index in [2.05, 4.69) is 52.0 Å². The van der Waals surface area contributed by atoms with Gasteiger partial charge >= 0.3 is 26.2 Å². The Balaban J connectivity index is -0.000000196. The molecule has 0 saturated carbocycles. The fourth-order valence-corrected chi connectivity index (χ4v) is 1.49. The van der Waals surface area contributed by atoms with E-state index in [-0.39, 0.29) is 51.0 Å². The number of hydrogen-bond acceptors (Lipinski definition) is 0. The summed E-state index contributed by atoms with van der Waals surface area (Å²) in [6, 6.07) is 0. The Bertz CT molecular complexity index is 302. The van der Waals surface area contributed by atoms with Crippen LogP contribution in [0.5, 0.6) is 0 Å². The van der Waals surface area contributed by atoms with Crippen LogP contribution in [0.2, 0.25) is 0 Å². The maximum Gasteiger partial charge on any atom is 4.00 e. The van der Waals surface area contributed by atoms with Crippen LogP contribution in [0.15, 0.2) is 34.4 Å². The van der Waals surface area contributed by atoms with Gasteiger partial charge in [0.1, 0.15) is 0 Å². The predicted molar refractivity (Wildman–Crippen MR) is 61.6 cm³/mol. The minimum atomic E-state index is 0. The molecule has 0 heterocycles. The van der Waals surface area contributed by atoms with Crippen LogP contribution in [0, 0.1) is 12.2 Å². The zero-order chi connectivity index (χ0) is 10.6. The fourth-order valence-electron chi connectivity index (χ4n) is 1.49. The third-order valence-corrected chi connectivity index (χ3v) is 2.25. The molecule has 0 aliphatic heterocycles. The number of hydrogen-bond donors (Lipinski definition) is 0. The first-order valence-corrected chi connectivity index (χ1v) is 5.10. The molecule has 0 nitrogen and oxygen atoms in total. The fraction of sp³-hybridized carbons (Fsp3) is 0.429. The van der Waals surface area contributed by atoms with E-state index in [0.717, 1.165) is 12.8 Å². The van der Waals surface area contributed by atoms with Crippen molar-refractivity contribution in [2.45, 2.75) is 40.5 Å². The van der Waals surface area contributed by atoms with Gasteiger partial charge in [-0.3, -0.25) is 12.2 Å². The largest absolute Gasteiger partial charge is 4.00 e. The molecular formula is C14H18Cl2Zr. The van der Waals surface area contributed by atoms with Crippen LogP contribution in [0.1, 0.15) is 40.5 Å². The third kappa shape index (κ3) is 10.1. The number of halogens is 2. The SMILES string of the molecule is CC1=[C-]C(C)=CC1.CC1=[C-]C(C)=CC1.[Cl-].[Cl-].[Zr+4]. The van der Waals surface area contributed by atoms with E-state index >= 15 is 0 Å². The summed E-state index contributed by atoms with van der Waals surface area (Å²) >= 11 is 0. The van der Waals surface area contributed by atoms with E-state index in [1.165, 1.54) is 22.3 Å². The van der Waals surface area contributed by atoms with Gasteiger partial charge in [-0.2, -0.15) is 11.1 Å². The van der Waals surface area contributed by atoms with Gasteiger partial charge in [-0.05, 0) is 0 Å². The molecule has 0 aromatic carbocycles. The van der Waals surface area contributed by atoms with Crippen LogP contribution in [0.25, 0.3) is 0 Å². The van der Waals surface area contributed by atoms with E-state index < -0.39 is 0 Å². The molecule has 0 aromatic rings. The molecule has 0 fully saturated rings. The molecule has 2 aliphatic rings. The molecule has 0 unspecified atom stereocenters.